The number of fused-ring (bicyclic) bond motifs is 2. The van der Waals surface area contributed by atoms with E-state index >= 15 is 0 Å². The fraction of sp³-hybridized carbons (Fsp3) is 0. The molecule has 0 bridgehead atoms. The molecule has 5 rings (SSSR count). The molecule has 5 nitrogen and oxygen atoms in total. The van der Waals surface area contributed by atoms with Crippen molar-refractivity contribution in [2.24, 2.45) is 0 Å². The highest BCUT2D eigenvalue weighted by Gasteiger charge is 2.20. The summed E-state index contributed by atoms with van der Waals surface area (Å²) >= 11 is 0. The molecule has 0 aliphatic rings. The number of anilines is 1. The largest absolute Gasteiger partial charge is 0.505 e. The van der Waals surface area contributed by atoms with Crippen LogP contribution >= 0.6 is 0 Å². The number of para-hydroxylation sites is 1. The Morgan fingerprint density at radius 1 is 0.833 bits per heavy atom. The van der Waals surface area contributed by atoms with Gasteiger partial charge >= 0.3 is 0 Å². The van der Waals surface area contributed by atoms with Crippen LogP contribution in [0.3, 0.4) is 0 Å². The fourth-order valence-electron chi connectivity index (χ4n) is 3.55. The molecule has 0 aliphatic carbocycles. The monoisotopic (exact) mass is 391 g/mol. The Labute approximate surface area is 172 Å². The highest BCUT2D eigenvalue weighted by molar-refractivity contribution is 6.10. The first-order valence-corrected chi connectivity index (χ1v) is 9.54. The van der Waals surface area contributed by atoms with Crippen molar-refractivity contribution < 1.29 is 9.90 Å². The molecular formula is C25H17N3O2. The van der Waals surface area contributed by atoms with Gasteiger partial charge in [0.1, 0.15) is 0 Å². The Balaban J connectivity index is 1.60. The maximum atomic E-state index is 13.0. The summed E-state index contributed by atoms with van der Waals surface area (Å²) in [4.78, 5) is 22.0. The Hall–Kier alpha value is -4.25. The molecule has 0 saturated carbocycles. The summed E-state index contributed by atoms with van der Waals surface area (Å²) < 4.78 is 0. The summed E-state index contributed by atoms with van der Waals surface area (Å²) in [6, 6.07) is 26.5. The number of benzene rings is 3. The summed E-state index contributed by atoms with van der Waals surface area (Å²) in [5.41, 5.74) is 2.87. The Morgan fingerprint density at radius 3 is 2.37 bits per heavy atom. The number of rotatable bonds is 3. The zero-order valence-corrected chi connectivity index (χ0v) is 15.9. The van der Waals surface area contributed by atoms with Crippen LogP contribution < -0.4 is 5.32 Å². The third kappa shape index (κ3) is 3.12. The van der Waals surface area contributed by atoms with Gasteiger partial charge in [0.2, 0.25) is 0 Å². The summed E-state index contributed by atoms with van der Waals surface area (Å²) in [6.45, 7) is 0. The minimum atomic E-state index is -0.493. The first-order valence-electron chi connectivity index (χ1n) is 9.54. The molecule has 5 aromatic rings. The Morgan fingerprint density at radius 2 is 1.53 bits per heavy atom. The molecule has 30 heavy (non-hydrogen) atoms. The van der Waals surface area contributed by atoms with Gasteiger partial charge in [0, 0.05) is 21.7 Å². The second kappa shape index (κ2) is 7.29. The average molecular weight is 391 g/mol. The van der Waals surface area contributed by atoms with Crippen LogP contribution in [0.1, 0.15) is 10.5 Å². The van der Waals surface area contributed by atoms with Crippen LogP contribution in [-0.4, -0.2) is 21.0 Å². The molecule has 0 atom stereocenters. The standard InChI is InChI=1S/C25H17N3O2/c29-24-20-12-6-5-11-19(20)22(16-8-2-1-3-9-16)28-23(24)25(30)27-18-14-17-10-4-7-13-21(17)26-15-18/h1-15,29H,(H,27,30). The molecule has 0 spiro atoms. The van der Waals surface area contributed by atoms with Gasteiger partial charge in [-0.2, -0.15) is 0 Å². The number of carbonyl (C=O) groups is 1. The number of aromatic nitrogens is 2. The van der Waals surface area contributed by atoms with Gasteiger partial charge in [0.15, 0.2) is 11.4 Å². The molecule has 0 fully saturated rings. The lowest BCUT2D eigenvalue weighted by atomic mass is 10.0. The van der Waals surface area contributed by atoms with Crippen LogP contribution in [0.4, 0.5) is 5.69 Å². The van der Waals surface area contributed by atoms with E-state index in [1.54, 1.807) is 12.3 Å². The molecule has 2 aromatic heterocycles. The third-order valence-corrected chi connectivity index (χ3v) is 5.00. The van der Waals surface area contributed by atoms with Crippen molar-refractivity contribution in [3.05, 3.63) is 96.8 Å². The van der Waals surface area contributed by atoms with E-state index in [4.69, 9.17) is 0 Å². The molecule has 0 saturated heterocycles. The molecular weight excluding hydrogens is 374 g/mol. The van der Waals surface area contributed by atoms with Crippen molar-refractivity contribution in [3.63, 3.8) is 0 Å². The second-order valence-corrected chi connectivity index (χ2v) is 6.94. The highest BCUT2D eigenvalue weighted by Crippen LogP contribution is 2.34. The van der Waals surface area contributed by atoms with E-state index in [1.165, 1.54) is 0 Å². The molecule has 144 valence electrons. The van der Waals surface area contributed by atoms with E-state index < -0.39 is 5.91 Å². The van der Waals surface area contributed by atoms with Gasteiger partial charge in [-0.05, 0) is 12.1 Å². The van der Waals surface area contributed by atoms with Crippen molar-refractivity contribution in [2.45, 2.75) is 0 Å². The molecule has 2 heterocycles. The summed E-state index contributed by atoms with van der Waals surface area (Å²) in [5, 5.41) is 15.9. The molecule has 2 N–H and O–H groups in total. The van der Waals surface area contributed by atoms with Crippen LogP contribution in [0, 0.1) is 0 Å². The summed E-state index contributed by atoms with van der Waals surface area (Å²) in [7, 11) is 0. The van der Waals surface area contributed by atoms with E-state index in [9.17, 15) is 9.90 Å². The minimum absolute atomic E-state index is 0.0271. The van der Waals surface area contributed by atoms with E-state index in [0.717, 1.165) is 21.9 Å². The first kappa shape index (κ1) is 17.8. The number of hydrogen-bond acceptors (Lipinski definition) is 4. The van der Waals surface area contributed by atoms with E-state index in [1.807, 2.05) is 78.9 Å². The van der Waals surface area contributed by atoms with Crippen LogP contribution in [0.2, 0.25) is 0 Å². The Kier molecular flexibility index (Phi) is 4.33. The molecule has 0 radical (unpaired) electrons. The maximum absolute atomic E-state index is 13.0. The highest BCUT2D eigenvalue weighted by atomic mass is 16.3. The predicted octanol–water partition coefficient (Wildman–Crippen LogP) is 5.41. The number of aromatic hydroxyl groups is 1. The van der Waals surface area contributed by atoms with Crippen molar-refractivity contribution in [1.82, 2.24) is 9.97 Å². The lowest BCUT2D eigenvalue weighted by molar-refractivity contribution is 0.102. The minimum Gasteiger partial charge on any atom is -0.505 e. The predicted molar refractivity (Wildman–Crippen MR) is 119 cm³/mol. The first-order chi connectivity index (χ1) is 14.7. The number of carbonyl (C=O) groups excluding carboxylic acids is 1. The van der Waals surface area contributed by atoms with Crippen LogP contribution in [0.25, 0.3) is 32.9 Å². The zero-order chi connectivity index (χ0) is 20.5. The van der Waals surface area contributed by atoms with Gasteiger partial charge in [-0.15, -0.1) is 0 Å². The van der Waals surface area contributed by atoms with Gasteiger partial charge < -0.3 is 10.4 Å². The second-order valence-electron chi connectivity index (χ2n) is 6.94. The van der Waals surface area contributed by atoms with E-state index in [0.29, 0.717) is 16.8 Å². The molecule has 0 aliphatic heterocycles. The maximum Gasteiger partial charge on any atom is 0.278 e. The van der Waals surface area contributed by atoms with Crippen LogP contribution in [0.5, 0.6) is 5.75 Å². The summed E-state index contributed by atoms with van der Waals surface area (Å²) in [5.74, 6) is -0.635. The molecule has 1 amide bonds. The van der Waals surface area contributed by atoms with Crippen molar-refractivity contribution in [2.75, 3.05) is 5.32 Å². The van der Waals surface area contributed by atoms with Gasteiger partial charge in [-0.1, -0.05) is 72.8 Å². The molecule has 0 unspecified atom stereocenters. The smallest absolute Gasteiger partial charge is 0.278 e. The number of amides is 1. The van der Waals surface area contributed by atoms with Gasteiger partial charge in [0.05, 0.1) is 23.1 Å². The van der Waals surface area contributed by atoms with Crippen LogP contribution in [0.15, 0.2) is 91.1 Å². The topological polar surface area (TPSA) is 75.1 Å². The normalized spacial score (nSPS) is 10.9. The SMILES string of the molecule is O=C(Nc1cnc2ccccc2c1)c1nc(-c2ccccc2)c2ccccc2c1O. The molecule has 3 aromatic carbocycles. The fourth-order valence-corrected chi connectivity index (χ4v) is 3.55. The quantitative estimate of drug-likeness (QED) is 0.431. The van der Waals surface area contributed by atoms with Crippen molar-refractivity contribution in [1.29, 1.82) is 0 Å². The van der Waals surface area contributed by atoms with Crippen molar-refractivity contribution in [3.8, 4) is 17.0 Å². The lowest BCUT2D eigenvalue weighted by Gasteiger charge is -2.13. The third-order valence-electron chi connectivity index (χ3n) is 5.00. The van der Waals surface area contributed by atoms with E-state index in [2.05, 4.69) is 15.3 Å². The van der Waals surface area contributed by atoms with Gasteiger partial charge in [-0.25, -0.2) is 4.98 Å². The summed E-state index contributed by atoms with van der Waals surface area (Å²) in [6.07, 6.45) is 1.59. The zero-order valence-electron chi connectivity index (χ0n) is 15.9. The van der Waals surface area contributed by atoms with Gasteiger partial charge in [0.25, 0.3) is 5.91 Å². The number of nitrogens with one attached hydrogen (secondary N) is 1. The number of hydrogen-bond donors (Lipinski definition) is 2. The Bertz CT molecular complexity index is 1400. The number of nitrogens with zero attached hydrogens (tertiary/aromatic N) is 2. The van der Waals surface area contributed by atoms with Crippen LogP contribution in [-0.2, 0) is 0 Å². The lowest BCUT2D eigenvalue weighted by Crippen LogP contribution is -2.15. The number of pyridine rings is 2. The van der Waals surface area contributed by atoms with Gasteiger partial charge in [-0.3, -0.25) is 9.78 Å². The molecule has 5 heteroatoms. The van der Waals surface area contributed by atoms with Crippen molar-refractivity contribution >= 4 is 33.3 Å². The van der Waals surface area contributed by atoms with E-state index in [-0.39, 0.29) is 11.4 Å². The average Bonchev–Trinajstić information content (AvgIpc) is 2.80.